The van der Waals surface area contributed by atoms with Gasteiger partial charge in [0.25, 0.3) is 0 Å². The molecule has 3 rings (SSSR count). The van der Waals surface area contributed by atoms with Crippen molar-refractivity contribution in [2.45, 2.75) is 50.7 Å². The van der Waals surface area contributed by atoms with Gasteiger partial charge < -0.3 is 15.4 Å². The van der Waals surface area contributed by atoms with Gasteiger partial charge in [0, 0.05) is 19.1 Å². The van der Waals surface area contributed by atoms with Crippen molar-refractivity contribution in [3.05, 3.63) is 24.3 Å². The van der Waals surface area contributed by atoms with Crippen molar-refractivity contribution >= 4 is 46.1 Å². The SMILES string of the molecule is CC(=O)Oc1ccccc1NC(=O)CC1S/C(=N\N=C2CCCCC2)NC1=O. The minimum atomic E-state index is -0.578. The summed E-state index contributed by atoms with van der Waals surface area (Å²) in [5, 5.41) is 13.6. The number of amidine groups is 1. The van der Waals surface area contributed by atoms with Crippen LogP contribution in [0.1, 0.15) is 45.4 Å². The van der Waals surface area contributed by atoms with E-state index in [0.717, 1.165) is 31.4 Å². The van der Waals surface area contributed by atoms with Gasteiger partial charge in [-0.3, -0.25) is 14.4 Å². The van der Waals surface area contributed by atoms with Crippen LogP contribution in [-0.4, -0.2) is 33.9 Å². The monoisotopic (exact) mass is 402 g/mol. The quantitative estimate of drug-likeness (QED) is 0.447. The number of hydrogen-bond donors (Lipinski definition) is 2. The van der Waals surface area contributed by atoms with Crippen LogP contribution in [0.15, 0.2) is 34.5 Å². The molecule has 1 saturated heterocycles. The maximum Gasteiger partial charge on any atom is 0.308 e. The summed E-state index contributed by atoms with van der Waals surface area (Å²) in [6, 6.07) is 6.63. The first-order valence-corrected chi connectivity index (χ1v) is 10.1. The Morgan fingerprint density at radius 1 is 1.21 bits per heavy atom. The average Bonchev–Trinajstić information content (AvgIpc) is 3.01. The number of carbonyl (C=O) groups excluding carboxylic acids is 3. The van der Waals surface area contributed by atoms with Crippen molar-refractivity contribution in [2.75, 3.05) is 5.32 Å². The standard InChI is InChI=1S/C19H22N4O4S/c1-12(24)27-15-10-6-5-9-14(15)20-17(25)11-16-18(26)21-19(28-16)23-22-13-7-3-2-4-8-13/h5-6,9-10,16H,2-4,7-8,11H2,1H3,(H,20,25)(H,21,23,26). The van der Waals surface area contributed by atoms with Crippen LogP contribution in [0.3, 0.4) is 0 Å². The maximum absolute atomic E-state index is 12.4. The van der Waals surface area contributed by atoms with E-state index in [0.29, 0.717) is 10.9 Å². The molecule has 1 unspecified atom stereocenters. The molecule has 2 fully saturated rings. The Morgan fingerprint density at radius 3 is 2.71 bits per heavy atom. The number of hydrogen-bond acceptors (Lipinski definition) is 7. The lowest BCUT2D eigenvalue weighted by atomic mass is 9.99. The third-order valence-electron chi connectivity index (χ3n) is 4.28. The minimum absolute atomic E-state index is 0.0273. The van der Waals surface area contributed by atoms with E-state index in [9.17, 15) is 14.4 Å². The van der Waals surface area contributed by atoms with Crippen molar-refractivity contribution in [1.82, 2.24) is 5.32 Å². The summed E-state index contributed by atoms with van der Waals surface area (Å²) >= 11 is 1.20. The van der Waals surface area contributed by atoms with Crippen molar-refractivity contribution < 1.29 is 19.1 Å². The van der Waals surface area contributed by atoms with E-state index in [4.69, 9.17) is 4.74 Å². The Bertz CT molecular complexity index is 829. The summed E-state index contributed by atoms with van der Waals surface area (Å²) in [5.74, 6) is -0.839. The van der Waals surface area contributed by atoms with Crippen LogP contribution >= 0.6 is 11.8 Å². The fourth-order valence-electron chi connectivity index (χ4n) is 2.95. The largest absolute Gasteiger partial charge is 0.424 e. The average molecular weight is 402 g/mol. The highest BCUT2D eigenvalue weighted by molar-refractivity contribution is 8.15. The second kappa shape index (κ2) is 9.50. The molecular formula is C19H22N4O4S. The molecule has 9 heteroatoms. The molecule has 28 heavy (non-hydrogen) atoms. The molecule has 2 amide bonds. The molecule has 1 aromatic rings. The van der Waals surface area contributed by atoms with Crippen molar-refractivity contribution in [3.8, 4) is 5.75 Å². The molecule has 2 aliphatic rings. The third kappa shape index (κ3) is 5.66. The van der Waals surface area contributed by atoms with E-state index in [1.54, 1.807) is 24.3 Å². The van der Waals surface area contributed by atoms with Crippen LogP contribution < -0.4 is 15.4 Å². The molecule has 1 aromatic carbocycles. The van der Waals surface area contributed by atoms with Gasteiger partial charge in [0.15, 0.2) is 10.9 Å². The van der Waals surface area contributed by atoms with Crippen LogP contribution in [0.4, 0.5) is 5.69 Å². The summed E-state index contributed by atoms with van der Waals surface area (Å²) < 4.78 is 5.07. The normalized spacial score (nSPS) is 20.6. The van der Waals surface area contributed by atoms with E-state index < -0.39 is 11.2 Å². The van der Waals surface area contributed by atoms with E-state index in [-0.39, 0.29) is 24.0 Å². The number of carbonyl (C=O) groups is 3. The molecular weight excluding hydrogens is 380 g/mol. The first kappa shape index (κ1) is 20.1. The highest BCUT2D eigenvalue weighted by Gasteiger charge is 2.32. The maximum atomic E-state index is 12.4. The number of anilines is 1. The number of para-hydroxylation sites is 2. The van der Waals surface area contributed by atoms with Crippen LogP contribution in [-0.2, 0) is 14.4 Å². The van der Waals surface area contributed by atoms with Crippen molar-refractivity contribution in [2.24, 2.45) is 10.2 Å². The summed E-state index contributed by atoms with van der Waals surface area (Å²) in [4.78, 5) is 35.6. The molecule has 1 saturated carbocycles. The first-order chi connectivity index (χ1) is 13.5. The highest BCUT2D eigenvalue weighted by atomic mass is 32.2. The molecule has 1 aliphatic heterocycles. The van der Waals surface area contributed by atoms with E-state index in [1.807, 2.05) is 0 Å². The number of esters is 1. The number of nitrogens with one attached hydrogen (secondary N) is 2. The molecule has 0 aromatic heterocycles. The summed E-state index contributed by atoms with van der Waals surface area (Å²) in [6.07, 6.45) is 5.34. The fourth-order valence-corrected chi connectivity index (χ4v) is 3.86. The zero-order valence-corrected chi connectivity index (χ0v) is 16.4. The zero-order chi connectivity index (χ0) is 19.9. The van der Waals surface area contributed by atoms with Gasteiger partial charge in [-0.2, -0.15) is 5.10 Å². The molecule has 148 valence electrons. The zero-order valence-electron chi connectivity index (χ0n) is 15.6. The summed E-state index contributed by atoms with van der Waals surface area (Å²) in [7, 11) is 0. The number of ether oxygens (including phenoxy) is 1. The van der Waals surface area contributed by atoms with Crippen molar-refractivity contribution in [3.63, 3.8) is 0 Å². The van der Waals surface area contributed by atoms with Crippen LogP contribution in [0.25, 0.3) is 0 Å². The fraction of sp³-hybridized carbons (Fsp3) is 0.421. The minimum Gasteiger partial charge on any atom is -0.424 e. The number of amides is 2. The third-order valence-corrected chi connectivity index (χ3v) is 5.35. The first-order valence-electron chi connectivity index (χ1n) is 9.19. The Morgan fingerprint density at radius 2 is 1.96 bits per heavy atom. The second-order valence-electron chi connectivity index (χ2n) is 6.57. The van der Waals surface area contributed by atoms with Gasteiger partial charge in [0.1, 0.15) is 5.25 Å². The van der Waals surface area contributed by atoms with Crippen LogP contribution in [0, 0.1) is 0 Å². The smallest absolute Gasteiger partial charge is 0.308 e. The van der Waals surface area contributed by atoms with Gasteiger partial charge in [-0.05, 0) is 37.8 Å². The summed E-state index contributed by atoms with van der Waals surface area (Å²) in [5.41, 5.74) is 1.43. The number of thioether (sulfide) groups is 1. The molecule has 1 atom stereocenters. The van der Waals surface area contributed by atoms with E-state index >= 15 is 0 Å². The molecule has 8 nitrogen and oxygen atoms in total. The Labute approximate surface area is 167 Å². The lowest BCUT2D eigenvalue weighted by Gasteiger charge is -2.11. The highest BCUT2D eigenvalue weighted by Crippen LogP contribution is 2.27. The van der Waals surface area contributed by atoms with Crippen LogP contribution in [0.5, 0.6) is 5.75 Å². The van der Waals surface area contributed by atoms with Crippen molar-refractivity contribution in [1.29, 1.82) is 0 Å². The predicted octanol–water partition coefficient (Wildman–Crippen LogP) is 2.85. The van der Waals surface area contributed by atoms with Gasteiger partial charge in [0.05, 0.1) is 5.69 Å². The van der Waals surface area contributed by atoms with Crippen LogP contribution in [0.2, 0.25) is 0 Å². The number of benzene rings is 1. The Kier molecular flexibility index (Phi) is 6.80. The molecule has 0 radical (unpaired) electrons. The van der Waals surface area contributed by atoms with Gasteiger partial charge in [-0.25, -0.2) is 0 Å². The number of rotatable bonds is 5. The number of nitrogens with zero attached hydrogens (tertiary/aromatic N) is 2. The van der Waals surface area contributed by atoms with E-state index in [2.05, 4.69) is 20.8 Å². The van der Waals surface area contributed by atoms with E-state index in [1.165, 1.54) is 25.1 Å². The molecule has 0 spiro atoms. The molecule has 1 heterocycles. The Hall–Kier alpha value is -2.68. The summed E-state index contributed by atoms with van der Waals surface area (Å²) in [6.45, 7) is 1.29. The van der Waals surface area contributed by atoms with Gasteiger partial charge in [-0.1, -0.05) is 30.3 Å². The molecule has 2 N–H and O–H groups in total. The lowest BCUT2D eigenvalue weighted by molar-refractivity contribution is -0.132. The predicted molar refractivity (Wildman–Crippen MR) is 108 cm³/mol. The van der Waals surface area contributed by atoms with Gasteiger partial charge in [-0.15, -0.1) is 5.10 Å². The second-order valence-corrected chi connectivity index (χ2v) is 7.76. The molecule has 0 bridgehead atoms. The Balaban J connectivity index is 1.57. The van der Waals surface area contributed by atoms with Gasteiger partial charge >= 0.3 is 5.97 Å². The lowest BCUT2D eigenvalue weighted by Crippen LogP contribution is -2.28. The topological polar surface area (TPSA) is 109 Å². The van der Waals surface area contributed by atoms with Gasteiger partial charge in [0.2, 0.25) is 11.8 Å². The molecule has 1 aliphatic carbocycles.